The van der Waals surface area contributed by atoms with Gasteiger partial charge in [0.2, 0.25) is 0 Å². The minimum absolute atomic E-state index is 0.726. The summed E-state index contributed by atoms with van der Waals surface area (Å²) in [6.07, 6.45) is -2.48. The number of hydrogen-bond acceptors (Lipinski definition) is 9. The molecule has 0 spiro atoms. The first-order valence-corrected chi connectivity index (χ1v) is 8.10. The fourth-order valence-corrected chi connectivity index (χ4v) is 1.25. The Hall–Kier alpha value is -0.850. The molecule has 0 radical (unpaired) electrons. The largest absolute Gasteiger partial charge is 0.479 e. The Labute approximate surface area is 147 Å². The molecule has 0 bridgehead atoms. The molecular formula is C15H34O10. The lowest BCUT2D eigenvalue weighted by Gasteiger charge is -2.24. The van der Waals surface area contributed by atoms with Crippen LogP contribution in [-0.4, -0.2) is 102 Å². The van der Waals surface area contributed by atoms with Crippen molar-refractivity contribution in [3.05, 3.63) is 0 Å². The van der Waals surface area contributed by atoms with E-state index in [1.807, 2.05) is 0 Å². The molecule has 0 rings (SSSR count). The van der Waals surface area contributed by atoms with Crippen molar-refractivity contribution in [1.29, 1.82) is 0 Å². The van der Waals surface area contributed by atoms with Crippen LogP contribution in [0.2, 0.25) is 0 Å². The van der Waals surface area contributed by atoms with Crippen molar-refractivity contribution in [3.63, 3.8) is 0 Å². The van der Waals surface area contributed by atoms with Crippen LogP contribution in [0.15, 0.2) is 0 Å². The van der Waals surface area contributed by atoms with Gasteiger partial charge in [0, 0.05) is 0 Å². The molecule has 0 aromatic rings. The van der Waals surface area contributed by atoms with Gasteiger partial charge in [0.1, 0.15) is 24.4 Å². The number of hydrogen-bond donors (Lipinski definition) is 9. The van der Waals surface area contributed by atoms with Gasteiger partial charge in [-0.05, 0) is 0 Å². The SMILES string of the molecule is CCCCCC.O=C(O)C(O)CO.OCC(O)C(O)C(O)C(O)CO. The van der Waals surface area contributed by atoms with E-state index in [9.17, 15) is 4.79 Å². The van der Waals surface area contributed by atoms with Crippen LogP contribution in [0.1, 0.15) is 39.5 Å². The van der Waals surface area contributed by atoms with Crippen molar-refractivity contribution in [2.75, 3.05) is 19.8 Å². The molecule has 0 amide bonds. The van der Waals surface area contributed by atoms with E-state index in [2.05, 4.69) is 13.8 Å². The highest BCUT2D eigenvalue weighted by Gasteiger charge is 2.29. The fourth-order valence-electron chi connectivity index (χ4n) is 1.25. The third-order valence-corrected chi connectivity index (χ3v) is 2.93. The summed E-state index contributed by atoms with van der Waals surface area (Å²) in [4.78, 5) is 9.52. The van der Waals surface area contributed by atoms with Crippen molar-refractivity contribution in [2.45, 2.75) is 70.1 Å². The second kappa shape index (κ2) is 19.5. The summed E-state index contributed by atoms with van der Waals surface area (Å²) in [6, 6.07) is 0. The molecule has 0 aromatic heterocycles. The van der Waals surface area contributed by atoms with Crippen LogP contribution in [0.3, 0.4) is 0 Å². The third kappa shape index (κ3) is 17.8. The fraction of sp³-hybridized carbons (Fsp3) is 0.933. The summed E-state index contributed by atoms with van der Waals surface area (Å²) < 4.78 is 0. The third-order valence-electron chi connectivity index (χ3n) is 2.93. The van der Waals surface area contributed by atoms with E-state index < -0.39 is 56.3 Å². The average molecular weight is 374 g/mol. The summed E-state index contributed by atoms with van der Waals surface area (Å²) >= 11 is 0. The molecule has 0 fully saturated rings. The van der Waals surface area contributed by atoms with Gasteiger partial charge in [-0.15, -0.1) is 0 Å². The lowest BCUT2D eigenvalue weighted by molar-refractivity contribution is -0.148. The molecule has 10 nitrogen and oxygen atoms in total. The predicted octanol–water partition coefficient (Wildman–Crippen LogP) is -2.57. The smallest absolute Gasteiger partial charge is 0.334 e. The normalized spacial score (nSPS) is 16.2. The maximum absolute atomic E-state index is 9.52. The van der Waals surface area contributed by atoms with Crippen LogP contribution in [0.4, 0.5) is 0 Å². The minimum Gasteiger partial charge on any atom is -0.479 e. The molecule has 154 valence electrons. The molecule has 0 saturated carbocycles. The number of aliphatic hydroxyl groups excluding tert-OH is 8. The maximum atomic E-state index is 9.52. The number of carboxylic acid groups (broad SMARTS) is 1. The van der Waals surface area contributed by atoms with E-state index in [1.54, 1.807) is 0 Å². The molecule has 0 aliphatic rings. The number of carbonyl (C=O) groups is 1. The molecule has 10 heteroatoms. The second-order valence-corrected chi connectivity index (χ2v) is 5.22. The van der Waals surface area contributed by atoms with Crippen molar-refractivity contribution in [3.8, 4) is 0 Å². The molecule has 0 aromatic carbocycles. The number of carboxylic acids is 1. The molecular weight excluding hydrogens is 340 g/mol. The molecule has 0 saturated heterocycles. The molecule has 0 aliphatic heterocycles. The summed E-state index contributed by atoms with van der Waals surface area (Å²) in [6.45, 7) is 2.29. The van der Waals surface area contributed by atoms with Crippen molar-refractivity contribution >= 4 is 5.97 Å². The van der Waals surface area contributed by atoms with Gasteiger partial charge in [0.25, 0.3) is 0 Å². The van der Waals surface area contributed by atoms with Crippen LogP contribution in [0, 0.1) is 0 Å². The Balaban J connectivity index is -0.000000317. The lowest BCUT2D eigenvalue weighted by Crippen LogP contribution is -2.46. The zero-order valence-electron chi connectivity index (χ0n) is 14.8. The standard InChI is InChI=1S/C6H14O6.C6H14.C3H6O4/c7-1-3(9)5(11)6(12)4(10)2-8;1-3-5-6-4-2;4-1-2(5)3(6)7/h3-12H,1-2H2;3-6H2,1-2H3;2,4-5H,1H2,(H,6,7). The quantitative estimate of drug-likeness (QED) is 0.183. The highest BCUT2D eigenvalue weighted by atomic mass is 16.4. The van der Waals surface area contributed by atoms with Gasteiger partial charge in [-0.2, -0.15) is 0 Å². The first-order chi connectivity index (χ1) is 11.6. The first-order valence-electron chi connectivity index (χ1n) is 8.10. The molecule has 5 atom stereocenters. The van der Waals surface area contributed by atoms with E-state index >= 15 is 0 Å². The van der Waals surface area contributed by atoms with Crippen LogP contribution in [0.25, 0.3) is 0 Å². The van der Waals surface area contributed by atoms with Crippen LogP contribution >= 0.6 is 0 Å². The number of unbranched alkanes of at least 4 members (excludes halogenated alkanes) is 3. The van der Waals surface area contributed by atoms with Crippen LogP contribution < -0.4 is 0 Å². The topological polar surface area (TPSA) is 199 Å². The number of rotatable bonds is 10. The zero-order valence-corrected chi connectivity index (χ0v) is 14.8. The highest BCUT2D eigenvalue weighted by Crippen LogP contribution is 2.04. The Bertz CT molecular complexity index is 271. The summed E-state index contributed by atoms with van der Waals surface area (Å²) in [5, 5.41) is 75.9. The summed E-state index contributed by atoms with van der Waals surface area (Å²) in [5.41, 5.74) is 0. The predicted molar refractivity (Wildman–Crippen MR) is 88.7 cm³/mol. The monoisotopic (exact) mass is 374 g/mol. The number of aliphatic hydroxyl groups is 8. The van der Waals surface area contributed by atoms with Gasteiger partial charge >= 0.3 is 5.97 Å². The van der Waals surface area contributed by atoms with Crippen LogP contribution in [0.5, 0.6) is 0 Å². The van der Waals surface area contributed by atoms with Crippen molar-refractivity contribution in [1.82, 2.24) is 0 Å². The molecule has 0 aliphatic carbocycles. The molecule has 9 N–H and O–H groups in total. The van der Waals surface area contributed by atoms with Gasteiger partial charge < -0.3 is 46.0 Å². The molecule has 0 heterocycles. The Kier molecular flexibility index (Phi) is 22.5. The van der Waals surface area contributed by atoms with E-state index in [0.29, 0.717) is 0 Å². The van der Waals surface area contributed by atoms with Gasteiger partial charge in [-0.25, -0.2) is 4.79 Å². The molecule has 5 unspecified atom stereocenters. The van der Waals surface area contributed by atoms with Gasteiger partial charge in [-0.3, -0.25) is 0 Å². The lowest BCUT2D eigenvalue weighted by atomic mass is 10.0. The highest BCUT2D eigenvalue weighted by molar-refractivity contribution is 5.71. The van der Waals surface area contributed by atoms with E-state index in [-0.39, 0.29) is 0 Å². The minimum atomic E-state index is -1.67. The van der Waals surface area contributed by atoms with Gasteiger partial charge in [0.15, 0.2) is 6.10 Å². The van der Waals surface area contributed by atoms with Crippen molar-refractivity contribution < 1.29 is 50.8 Å². The average Bonchev–Trinajstić information content (AvgIpc) is 2.63. The Morgan fingerprint density at radius 1 is 0.720 bits per heavy atom. The molecule has 25 heavy (non-hydrogen) atoms. The van der Waals surface area contributed by atoms with Gasteiger partial charge in [0.05, 0.1) is 19.8 Å². The van der Waals surface area contributed by atoms with E-state index in [0.717, 1.165) is 0 Å². The van der Waals surface area contributed by atoms with Gasteiger partial charge in [-0.1, -0.05) is 39.5 Å². The zero-order chi connectivity index (χ0) is 20.4. The number of aliphatic carboxylic acids is 1. The maximum Gasteiger partial charge on any atom is 0.334 e. The Morgan fingerprint density at radius 2 is 1.04 bits per heavy atom. The summed E-state index contributed by atoms with van der Waals surface area (Å²) in [5.74, 6) is -1.40. The second-order valence-electron chi connectivity index (χ2n) is 5.22. The van der Waals surface area contributed by atoms with Crippen LogP contribution in [-0.2, 0) is 4.79 Å². The van der Waals surface area contributed by atoms with E-state index in [1.165, 1.54) is 25.7 Å². The summed E-state index contributed by atoms with van der Waals surface area (Å²) in [7, 11) is 0. The Morgan fingerprint density at radius 3 is 1.16 bits per heavy atom. The first kappa shape index (κ1) is 28.9. The van der Waals surface area contributed by atoms with E-state index in [4.69, 9.17) is 46.0 Å². The van der Waals surface area contributed by atoms with Crippen molar-refractivity contribution in [2.24, 2.45) is 0 Å².